The van der Waals surface area contributed by atoms with Gasteiger partial charge in [0.1, 0.15) is 0 Å². The van der Waals surface area contributed by atoms with Crippen LogP contribution in [0.25, 0.3) is 44.9 Å². The zero-order valence-electron chi connectivity index (χ0n) is 24.1. The minimum absolute atomic E-state index is 0.234. The predicted octanol–water partition coefficient (Wildman–Crippen LogP) is 7.14. The van der Waals surface area contributed by atoms with E-state index in [1.165, 1.54) is 14.2 Å². The Kier molecular flexibility index (Phi) is 7.87. The summed E-state index contributed by atoms with van der Waals surface area (Å²) in [6, 6.07) is 8.06. The van der Waals surface area contributed by atoms with Gasteiger partial charge < -0.3 is 19.4 Å². The van der Waals surface area contributed by atoms with Crippen LogP contribution in [0.2, 0.25) is 5.02 Å². The van der Waals surface area contributed by atoms with Crippen LogP contribution in [-0.4, -0.2) is 46.1 Å². The summed E-state index contributed by atoms with van der Waals surface area (Å²) in [6.45, 7) is 8.06. The maximum absolute atomic E-state index is 12.1. The average molecular weight is 573 g/mol. The second kappa shape index (κ2) is 11.4. The van der Waals surface area contributed by atoms with Gasteiger partial charge in [0.2, 0.25) is 0 Å². The lowest BCUT2D eigenvalue weighted by molar-refractivity contribution is -0.141. The molecule has 9 heteroatoms. The van der Waals surface area contributed by atoms with Crippen molar-refractivity contribution in [2.75, 3.05) is 14.2 Å². The van der Waals surface area contributed by atoms with Crippen molar-refractivity contribution < 1.29 is 19.1 Å². The van der Waals surface area contributed by atoms with Crippen molar-refractivity contribution in [1.29, 1.82) is 0 Å². The molecule has 2 aliphatic rings. The van der Waals surface area contributed by atoms with Crippen molar-refractivity contribution in [3.05, 3.63) is 68.8 Å². The quantitative estimate of drug-likeness (QED) is 0.304. The average Bonchev–Trinajstić information content (AvgIpc) is 3.66. The lowest BCUT2D eigenvalue weighted by atomic mass is 10.00. The molecule has 0 fully saturated rings. The van der Waals surface area contributed by atoms with Crippen LogP contribution in [0.3, 0.4) is 0 Å². The first kappa shape index (κ1) is 28.4. The minimum atomic E-state index is -0.282. The summed E-state index contributed by atoms with van der Waals surface area (Å²) in [5.74, 6) is -0.555. The molecule has 0 aliphatic carbocycles. The molecule has 0 unspecified atom stereocenters. The number of halogens is 1. The normalized spacial score (nSPS) is 12.9. The summed E-state index contributed by atoms with van der Waals surface area (Å²) in [5, 5.41) is 0.541. The van der Waals surface area contributed by atoms with Crippen LogP contribution < -0.4 is 0 Å². The number of methoxy groups -OCH3 is 2. The molecule has 3 aromatic rings. The summed E-state index contributed by atoms with van der Waals surface area (Å²) in [7, 11) is 2.79. The number of ether oxygens (including phenoxy) is 2. The fourth-order valence-electron chi connectivity index (χ4n) is 5.36. The molecule has 5 heterocycles. The Morgan fingerprint density at radius 2 is 1.54 bits per heavy atom. The Balaban J connectivity index is 1.85. The molecule has 5 rings (SSSR count). The summed E-state index contributed by atoms with van der Waals surface area (Å²) in [6.07, 6.45) is 3.44. The molecule has 0 amide bonds. The largest absolute Gasteiger partial charge is 0.469 e. The number of nitrogens with one attached hydrogen (secondary N) is 2. The van der Waals surface area contributed by atoms with Crippen LogP contribution in [0.1, 0.15) is 72.6 Å². The van der Waals surface area contributed by atoms with Crippen molar-refractivity contribution in [3.63, 3.8) is 0 Å². The highest BCUT2D eigenvalue weighted by molar-refractivity contribution is 6.35. The number of rotatable bonds is 6. The van der Waals surface area contributed by atoms with Crippen LogP contribution in [-0.2, 0) is 25.5 Å². The van der Waals surface area contributed by atoms with E-state index in [1.807, 2.05) is 52.0 Å². The predicted molar refractivity (Wildman–Crippen MR) is 163 cm³/mol. The number of fused-ring (bicyclic) bond motifs is 8. The second-order valence-corrected chi connectivity index (χ2v) is 10.8. The molecule has 2 aliphatic heterocycles. The van der Waals surface area contributed by atoms with Crippen molar-refractivity contribution in [1.82, 2.24) is 19.9 Å². The number of aromatic nitrogens is 4. The van der Waals surface area contributed by atoms with E-state index in [4.69, 9.17) is 31.0 Å². The third-order valence-electron chi connectivity index (χ3n) is 7.78. The van der Waals surface area contributed by atoms with Crippen LogP contribution in [0.15, 0.2) is 24.3 Å². The molecular formula is C32H33ClN4O4. The highest BCUT2D eigenvalue weighted by atomic mass is 35.5. The first-order valence-electron chi connectivity index (χ1n) is 13.5. The number of esters is 2. The number of nitrogens with zero attached hydrogens (tertiary/aromatic N) is 2. The summed E-state index contributed by atoms with van der Waals surface area (Å²) in [4.78, 5) is 41.0. The van der Waals surface area contributed by atoms with Gasteiger partial charge in [0.25, 0.3) is 0 Å². The highest BCUT2D eigenvalue weighted by Gasteiger charge is 2.21. The van der Waals surface area contributed by atoms with Crippen molar-refractivity contribution >= 4 is 68.4 Å². The molecule has 3 aromatic heterocycles. The van der Waals surface area contributed by atoms with E-state index in [0.717, 1.165) is 72.6 Å². The Morgan fingerprint density at radius 3 is 2.24 bits per heavy atom. The number of allylic oxidation sites excluding steroid dienone is 3. The maximum Gasteiger partial charge on any atom is 0.305 e. The molecule has 8 nitrogen and oxygen atoms in total. The molecule has 0 radical (unpaired) electrons. The Hall–Kier alpha value is -4.17. The third-order valence-corrected chi connectivity index (χ3v) is 8.17. The fourth-order valence-corrected chi connectivity index (χ4v) is 5.65. The maximum atomic E-state index is 12.1. The first-order valence-corrected chi connectivity index (χ1v) is 13.9. The summed E-state index contributed by atoms with van der Waals surface area (Å²) < 4.78 is 9.82. The minimum Gasteiger partial charge on any atom is -0.469 e. The van der Waals surface area contributed by atoms with Gasteiger partial charge in [0.15, 0.2) is 0 Å². The third kappa shape index (κ3) is 5.57. The fraction of sp³-hybridized carbons (Fsp3) is 0.312. The topological polar surface area (TPSA) is 110 Å². The van der Waals surface area contributed by atoms with Gasteiger partial charge in [-0.15, -0.1) is 0 Å². The zero-order chi connectivity index (χ0) is 29.4. The van der Waals surface area contributed by atoms with Crippen LogP contribution >= 0.6 is 11.6 Å². The van der Waals surface area contributed by atoms with Gasteiger partial charge in [-0.1, -0.05) is 11.6 Å². The first-order chi connectivity index (χ1) is 19.6. The van der Waals surface area contributed by atoms with Gasteiger partial charge in [-0.05, 0) is 104 Å². The lowest BCUT2D eigenvalue weighted by Crippen LogP contribution is -2.02. The van der Waals surface area contributed by atoms with Crippen LogP contribution in [0, 0.1) is 13.8 Å². The van der Waals surface area contributed by atoms with Crippen LogP contribution in [0.5, 0.6) is 0 Å². The number of H-pyrrole nitrogens is 2. The van der Waals surface area contributed by atoms with E-state index in [1.54, 1.807) is 0 Å². The molecule has 8 bridgehead atoms. The number of hydrogen-bond acceptors (Lipinski definition) is 6. The van der Waals surface area contributed by atoms with Crippen molar-refractivity contribution in [2.45, 2.75) is 53.4 Å². The summed E-state index contributed by atoms with van der Waals surface area (Å²) in [5.41, 5.74) is 12.4. The van der Waals surface area contributed by atoms with E-state index < -0.39 is 0 Å². The number of carbonyl (C=O) groups excluding carboxylic acids is 2. The van der Waals surface area contributed by atoms with E-state index in [-0.39, 0.29) is 24.8 Å². The van der Waals surface area contributed by atoms with Gasteiger partial charge >= 0.3 is 11.9 Å². The molecule has 212 valence electrons. The van der Waals surface area contributed by atoms with Crippen molar-refractivity contribution in [2.24, 2.45) is 0 Å². The number of aryl methyl sites for hydroxylation is 3. The lowest BCUT2D eigenvalue weighted by Gasteiger charge is -2.04. The molecule has 2 N–H and O–H groups in total. The Bertz CT molecular complexity index is 1810. The smallest absolute Gasteiger partial charge is 0.305 e. The monoisotopic (exact) mass is 572 g/mol. The molecule has 0 saturated carbocycles. The summed E-state index contributed by atoms with van der Waals surface area (Å²) >= 11 is 6.90. The molecule has 0 saturated heterocycles. The number of aromatic amines is 2. The van der Waals surface area contributed by atoms with Crippen LogP contribution in [0.4, 0.5) is 0 Å². The Morgan fingerprint density at radius 1 is 0.829 bits per heavy atom. The van der Waals surface area contributed by atoms with Gasteiger partial charge in [-0.3, -0.25) is 9.59 Å². The Labute approximate surface area is 243 Å². The van der Waals surface area contributed by atoms with E-state index in [9.17, 15) is 9.59 Å². The van der Waals surface area contributed by atoms with E-state index in [2.05, 4.69) is 16.0 Å². The van der Waals surface area contributed by atoms with E-state index >= 15 is 0 Å². The second-order valence-electron chi connectivity index (χ2n) is 10.4. The van der Waals surface area contributed by atoms with Gasteiger partial charge in [-0.2, -0.15) is 0 Å². The molecule has 0 atom stereocenters. The standard InChI is InChI=1S/C32H33ClN4O4/c1-16-12-28-31(33)32-17(2)11-20(34-32)13-24-18(3)21(7-9-29(38)40-5)26(36-24)15-27-22(8-10-30(39)41-6)19(4)25(37-27)14-23(16)35-28/h11-15,34,36H,7-10H2,1-6H3. The molecule has 0 spiro atoms. The van der Waals surface area contributed by atoms with Gasteiger partial charge in [-0.25, -0.2) is 9.97 Å². The van der Waals surface area contributed by atoms with Crippen molar-refractivity contribution in [3.8, 4) is 0 Å². The molecule has 41 heavy (non-hydrogen) atoms. The SMILES string of the molecule is COC(=O)CCC1=C(C)c2cc3nc(c(Cl)c4[nH]c(cc4C)cc4[nH]c(cc1n2)c(CCC(=O)OC)c4C)C=C3C. The highest BCUT2D eigenvalue weighted by Crippen LogP contribution is 2.36. The number of hydrogen-bond donors (Lipinski definition) is 2. The molecule has 0 aromatic carbocycles. The van der Waals surface area contributed by atoms with Gasteiger partial charge in [0, 0.05) is 29.4 Å². The van der Waals surface area contributed by atoms with Gasteiger partial charge in [0.05, 0.1) is 47.5 Å². The number of carbonyl (C=O) groups is 2. The zero-order valence-corrected chi connectivity index (χ0v) is 24.9. The molecular weight excluding hydrogens is 540 g/mol. The van der Waals surface area contributed by atoms with E-state index in [0.29, 0.717) is 23.6 Å².